The molecule has 0 atom stereocenters. The smallest absolute Gasteiger partial charge is 0.246 e. The van der Waals surface area contributed by atoms with E-state index >= 15 is 0 Å². The zero-order valence-corrected chi connectivity index (χ0v) is 20.2. The molecular weight excluding hydrogens is 362 g/mol. The van der Waals surface area contributed by atoms with Crippen molar-refractivity contribution in [1.29, 1.82) is 0 Å². The van der Waals surface area contributed by atoms with Gasteiger partial charge in [0.2, 0.25) is 11.8 Å². The molecule has 2 heterocycles. The van der Waals surface area contributed by atoms with E-state index in [1.54, 1.807) is 0 Å². The summed E-state index contributed by atoms with van der Waals surface area (Å²) in [6.45, 7) is 21.6. The van der Waals surface area contributed by atoms with E-state index in [4.69, 9.17) is 20.5 Å². The molecule has 1 aromatic rings. The molecule has 0 saturated carbocycles. The van der Waals surface area contributed by atoms with E-state index in [2.05, 4.69) is 68.9 Å². The summed E-state index contributed by atoms with van der Waals surface area (Å²) >= 11 is 0. The molecule has 25 heavy (non-hydrogen) atoms. The summed E-state index contributed by atoms with van der Waals surface area (Å²) in [5, 5.41) is 0.703. The average molecular weight is 396 g/mol. The fourth-order valence-corrected chi connectivity index (χ4v) is 14.8. The highest BCUT2D eigenvalue weighted by atomic mass is 28.4. The Morgan fingerprint density at radius 2 is 1.44 bits per heavy atom. The van der Waals surface area contributed by atoms with Crippen LogP contribution in [0.2, 0.25) is 65.0 Å². The van der Waals surface area contributed by atoms with Crippen LogP contribution in [-0.4, -0.2) is 45.7 Å². The topological polar surface area (TPSA) is 85.8 Å². The van der Waals surface area contributed by atoms with Crippen LogP contribution in [0.3, 0.4) is 0 Å². The van der Waals surface area contributed by atoms with Gasteiger partial charge in [0.25, 0.3) is 0 Å². The second kappa shape index (κ2) is 6.27. The SMILES string of the molecule is C[Si](C)(C)CCOc1nc(N)nc2c1=NC([Si](C)(C)C)([Si](C)(C)C)N=2. The van der Waals surface area contributed by atoms with E-state index in [0.29, 0.717) is 23.3 Å². The Morgan fingerprint density at radius 1 is 0.880 bits per heavy atom. The van der Waals surface area contributed by atoms with E-state index < -0.39 is 24.2 Å². The predicted molar refractivity (Wildman–Crippen MR) is 112 cm³/mol. The van der Waals surface area contributed by atoms with Crippen molar-refractivity contribution in [2.75, 3.05) is 12.3 Å². The van der Waals surface area contributed by atoms with Crippen molar-refractivity contribution in [3.8, 4) is 5.88 Å². The highest BCUT2D eigenvalue weighted by Gasteiger charge is 2.54. The first-order valence-corrected chi connectivity index (χ1v) is 19.6. The van der Waals surface area contributed by atoms with Crippen LogP contribution in [0, 0.1) is 0 Å². The van der Waals surface area contributed by atoms with Crippen molar-refractivity contribution in [1.82, 2.24) is 9.97 Å². The Morgan fingerprint density at radius 3 is 1.92 bits per heavy atom. The van der Waals surface area contributed by atoms with Gasteiger partial charge in [0, 0.05) is 8.07 Å². The molecule has 0 radical (unpaired) electrons. The maximum atomic E-state index is 6.01. The van der Waals surface area contributed by atoms with Crippen molar-refractivity contribution in [2.45, 2.75) is 69.9 Å². The van der Waals surface area contributed by atoms with Crippen molar-refractivity contribution < 1.29 is 4.74 Å². The molecule has 0 unspecified atom stereocenters. The highest BCUT2D eigenvalue weighted by molar-refractivity contribution is 6.98. The minimum absolute atomic E-state index is 0.211. The molecule has 9 heteroatoms. The Bertz CT molecular complexity index is 761. The average Bonchev–Trinajstić information content (AvgIpc) is 2.76. The largest absolute Gasteiger partial charge is 0.476 e. The van der Waals surface area contributed by atoms with Gasteiger partial charge in [-0.1, -0.05) is 58.9 Å². The number of rotatable bonds is 6. The molecule has 2 rings (SSSR count). The zero-order chi connectivity index (χ0) is 19.3. The molecular formula is C16H33N5OSi3. The molecule has 0 spiro atoms. The minimum Gasteiger partial charge on any atom is -0.476 e. The van der Waals surface area contributed by atoms with E-state index in [1.165, 1.54) is 0 Å². The molecule has 0 fully saturated rings. The van der Waals surface area contributed by atoms with Gasteiger partial charge in [0.1, 0.15) is 21.1 Å². The van der Waals surface area contributed by atoms with Gasteiger partial charge in [-0.25, -0.2) is 4.99 Å². The number of hydrogen-bond acceptors (Lipinski definition) is 6. The third-order valence-corrected chi connectivity index (χ3v) is 15.4. The Balaban J connectivity index is 2.55. The van der Waals surface area contributed by atoms with E-state index in [0.717, 1.165) is 6.04 Å². The Kier molecular flexibility index (Phi) is 5.08. The number of fused-ring (bicyclic) bond motifs is 1. The number of nitrogens with two attached hydrogens (primary N) is 1. The lowest BCUT2D eigenvalue weighted by Crippen LogP contribution is -2.63. The number of nitrogens with zero attached hydrogens (tertiary/aromatic N) is 4. The Labute approximate surface area is 154 Å². The maximum absolute atomic E-state index is 6.01. The second-order valence-corrected chi connectivity index (χ2v) is 26.6. The molecule has 140 valence electrons. The maximum Gasteiger partial charge on any atom is 0.246 e. The van der Waals surface area contributed by atoms with Crippen LogP contribution in [0.4, 0.5) is 5.95 Å². The first-order valence-electron chi connectivity index (χ1n) is 8.92. The summed E-state index contributed by atoms with van der Waals surface area (Å²) in [5.41, 5.74) is 6.53. The second-order valence-electron chi connectivity index (χ2n) is 10.1. The molecule has 0 amide bonds. The predicted octanol–water partition coefficient (Wildman–Crippen LogP) is 2.48. The van der Waals surface area contributed by atoms with E-state index in [9.17, 15) is 0 Å². The summed E-state index contributed by atoms with van der Waals surface area (Å²) in [5.74, 6) is 0.713. The molecule has 1 aromatic heterocycles. The van der Waals surface area contributed by atoms with Crippen molar-refractivity contribution in [3.05, 3.63) is 10.8 Å². The summed E-state index contributed by atoms with van der Waals surface area (Å²) in [6, 6.07) is 1.07. The van der Waals surface area contributed by atoms with Crippen molar-refractivity contribution >= 4 is 30.2 Å². The molecule has 0 aromatic carbocycles. The van der Waals surface area contributed by atoms with Gasteiger partial charge in [-0.2, -0.15) is 9.97 Å². The number of aromatic nitrogens is 2. The first kappa shape index (κ1) is 20.2. The molecule has 0 aliphatic carbocycles. The summed E-state index contributed by atoms with van der Waals surface area (Å²) in [4.78, 5) is 18.5. The number of hydrogen-bond donors (Lipinski definition) is 1. The minimum atomic E-state index is -1.74. The van der Waals surface area contributed by atoms with Crippen LogP contribution >= 0.6 is 0 Å². The summed E-state index contributed by atoms with van der Waals surface area (Å²) in [6.07, 6.45) is 0. The van der Waals surface area contributed by atoms with Crippen molar-refractivity contribution in [3.63, 3.8) is 0 Å². The van der Waals surface area contributed by atoms with Crippen LogP contribution in [-0.2, 0) is 0 Å². The third-order valence-electron chi connectivity index (χ3n) is 4.57. The van der Waals surface area contributed by atoms with Gasteiger partial charge in [-0.15, -0.1) is 0 Å². The van der Waals surface area contributed by atoms with Gasteiger partial charge < -0.3 is 10.5 Å². The third kappa shape index (κ3) is 4.03. The van der Waals surface area contributed by atoms with Gasteiger partial charge in [-0.3, -0.25) is 4.99 Å². The summed E-state index contributed by atoms with van der Waals surface area (Å²) < 4.78 is 6.01. The zero-order valence-electron chi connectivity index (χ0n) is 17.2. The molecule has 2 N–H and O–H groups in total. The molecule has 0 saturated heterocycles. The van der Waals surface area contributed by atoms with Gasteiger partial charge >= 0.3 is 0 Å². The molecule has 6 nitrogen and oxygen atoms in total. The van der Waals surface area contributed by atoms with Gasteiger partial charge in [-0.05, 0) is 6.04 Å². The fourth-order valence-electron chi connectivity index (χ4n) is 3.31. The van der Waals surface area contributed by atoms with Gasteiger partial charge in [0.15, 0.2) is 10.8 Å². The van der Waals surface area contributed by atoms with Crippen LogP contribution < -0.4 is 21.3 Å². The summed E-state index contributed by atoms with van der Waals surface area (Å²) in [7, 11) is -4.65. The molecule has 1 aliphatic heterocycles. The van der Waals surface area contributed by atoms with Crippen LogP contribution in [0.5, 0.6) is 5.88 Å². The van der Waals surface area contributed by atoms with Crippen LogP contribution in [0.15, 0.2) is 9.98 Å². The highest BCUT2D eigenvalue weighted by Crippen LogP contribution is 2.36. The monoisotopic (exact) mass is 395 g/mol. The first-order chi connectivity index (χ1) is 11.2. The quantitative estimate of drug-likeness (QED) is 0.750. The lowest BCUT2D eigenvalue weighted by atomic mass is 10.5. The lowest BCUT2D eigenvalue weighted by Gasteiger charge is -2.43. The van der Waals surface area contributed by atoms with E-state index in [1.807, 2.05) is 0 Å². The molecule has 0 bridgehead atoms. The fraction of sp³-hybridized carbons (Fsp3) is 0.750. The number of anilines is 1. The lowest BCUT2D eigenvalue weighted by molar-refractivity contribution is 0.320. The van der Waals surface area contributed by atoms with Gasteiger partial charge in [0.05, 0.1) is 6.61 Å². The number of nitrogen functional groups attached to an aromatic ring is 1. The van der Waals surface area contributed by atoms with Crippen molar-refractivity contribution in [2.24, 2.45) is 9.98 Å². The normalized spacial score (nSPS) is 16.8. The Hall–Kier alpha value is -1.07. The molecule has 1 aliphatic rings. The van der Waals surface area contributed by atoms with Crippen LogP contribution in [0.1, 0.15) is 0 Å². The number of ether oxygens (including phenoxy) is 1. The standard InChI is InChI=1S/C16H33N5OSi3/c1-23(2,3)11-10-22-14-12-13(18-15(17)19-14)21-16(20-12,24(4,5)6)25(7,8)9/h10-11H2,1-9H3,(H2,17,18,21). The van der Waals surface area contributed by atoms with E-state index in [-0.39, 0.29) is 10.9 Å². The van der Waals surface area contributed by atoms with Crippen LogP contribution in [0.25, 0.3) is 0 Å².